The fourth-order valence-corrected chi connectivity index (χ4v) is 1.87. The van der Waals surface area contributed by atoms with Crippen LogP contribution in [0, 0.1) is 0 Å². The molecular weight excluding hydrogens is 250 g/mol. The van der Waals surface area contributed by atoms with Crippen LogP contribution >= 0.6 is 0 Å². The number of methoxy groups -OCH3 is 1. The average Bonchev–Trinajstić information content (AvgIpc) is 2.50. The van der Waals surface area contributed by atoms with Gasteiger partial charge in [-0.05, 0) is 35.2 Å². The number of allylic oxidation sites excluding steroid dienone is 1. The van der Waals surface area contributed by atoms with E-state index in [9.17, 15) is 0 Å². The maximum Gasteiger partial charge on any atom is 0.118 e. The van der Waals surface area contributed by atoms with Crippen LogP contribution in [0.2, 0.25) is 0 Å². The van der Waals surface area contributed by atoms with Crippen molar-refractivity contribution in [3.05, 3.63) is 76.2 Å². The molecule has 20 heavy (non-hydrogen) atoms. The van der Waals surface area contributed by atoms with Gasteiger partial charge in [0.05, 0.1) is 7.11 Å². The molecule has 0 aliphatic rings. The molecule has 0 aliphatic heterocycles. The van der Waals surface area contributed by atoms with Crippen molar-refractivity contribution in [1.82, 2.24) is 0 Å². The predicted octanol–water partition coefficient (Wildman–Crippen LogP) is 4.89. The van der Waals surface area contributed by atoms with Crippen LogP contribution in [0.5, 0.6) is 5.75 Å². The molecule has 0 fully saturated rings. The van der Waals surface area contributed by atoms with Crippen LogP contribution in [0.15, 0.2) is 59.7 Å². The quantitative estimate of drug-likeness (QED) is 0.431. The van der Waals surface area contributed by atoms with E-state index >= 15 is 0 Å². The molecule has 4 heteroatoms. The van der Waals surface area contributed by atoms with Crippen LogP contribution in [0.4, 0.5) is 5.69 Å². The summed E-state index contributed by atoms with van der Waals surface area (Å²) in [6.07, 6.45) is 4.81. The molecule has 0 saturated heterocycles. The molecule has 4 nitrogen and oxygen atoms in total. The second-order valence-electron chi connectivity index (χ2n) is 4.20. The van der Waals surface area contributed by atoms with Gasteiger partial charge in [0, 0.05) is 10.6 Å². The molecule has 2 rings (SSSR count). The van der Waals surface area contributed by atoms with E-state index in [0.717, 1.165) is 23.3 Å². The molecule has 2 aromatic rings. The number of rotatable bonds is 5. The molecule has 0 radical (unpaired) electrons. The SMILES string of the molecule is COc1ccc(/C=C/Cc2ccccc2N=[N+]=[N-])cc1. The Morgan fingerprint density at radius 1 is 1.15 bits per heavy atom. The Morgan fingerprint density at radius 3 is 2.60 bits per heavy atom. The number of hydrogen-bond donors (Lipinski definition) is 0. The molecule has 0 saturated carbocycles. The predicted molar refractivity (Wildman–Crippen MR) is 81.0 cm³/mol. The second kappa shape index (κ2) is 7.02. The highest BCUT2D eigenvalue weighted by Gasteiger charge is 1.97. The third-order valence-corrected chi connectivity index (χ3v) is 2.91. The normalized spacial score (nSPS) is 10.2. The molecule has 0 heterocycles. The standard InChI is InChI=1S/C16H15N3O/c1-20-15-11-9-13(10-12-15)5-4-7-14-6-2-3-8-16(14)18-19-17/h2-6,8-12H,7H2,1H3/b5-4+. The summed E-state index contributed by atoms with van der Waals surface area (Å²) in [5.74, 6) is 0.843. The van der Waals surface area contributed by atoms with E-state index in [4.69, 9.17) is 10.3 Å². The third-order valence-electron chi connectivity index (χ3n) is 2.91. The van der Waals surface area contributed by atoms with Gasteiger partial charge in [0.25, 0.3) is 0 Å². The summed E-state index contributed by atoms with van der Waals surface area (Å²) in [4.78, 5) is 2.84. The lowest BCUT2D eigenvalue weighted by Gasteiger charge is -2.01. The van der Waals surface area contributed by atoms with E-state index in [0.29, 0.717) is 5.69 Å². The lowest BCUT2D eigenvalue weighted by molar-refractivity contribution is 0.415. The van der Waals surface area contributed by atoms with Gasteiger partial charge in [-0.15, -0.1) is 0 Å². The molecule has 100 valence electrons. The van der Waals surface area contributed by atoms with Crippen molar-refractivity contribution in [2.75, 3.05) is 7.11 Å². The third kappa shape index (κ3) is 3.64. The van der Waals surface area contributed by atoms with Gasteiger partial charge in [-0.1, -0.05) is 53.7 Å². The average molecular weight is 265 g/mol. The van der Waals surface area contributed by atoms with Crippen molar-refractivity contribution < 1.29 is 4.74 Å². The Balaban J connectivity index is 2.07. The van der Waals surface area contributed by atoms with Crippen molar-refractivity contribution in [2.24, 2.45) is 5.11 Å². The number of hydrogen-bond acceptors (Lipinski definition) is 2. The highest BCUT2D eigenvalue weighted by atomic mass is 16.5. The summed E-state index contributed by atoms with van der Waals surface area (Å²) < 4.78 is 5.12. The van der Waals surface area contributed by atoms with Crippen LogP contribution in [0.3, 0.4) is 0 Å². The molecular formula is C16H15N3O. The summed E-state index contributed by atoms with van der Waals surface area (Å²) in [7, 11) is 1.65. The van der Waals surface area contributed by atoms with Gasteiger partial charge in [-0.25, -0.2) is 0 Å². The molecule has 0 spiro atoms. The van der Waals surface area contributed by atoms with Crippen molar-refractivity contribution in [2.45, 2.75) is 6.42 Å². The van der Waals surface area contributed by atoms with Gasteiger partial charge in [0.15, 0.2) is 0 Å². The first-order valence-electron chi connectivity index (χ1n) is 6.27. The summed E-state index contributed by atoms with van der Waals surface area (Å²) >= 11 is 0. The number of azide groups is 1. The zero-order valence-electron chi connectivity index (χ0n) is 11.2. The van der Waals surface area contributed by atoms with E-state index in [2.05, 4.69) is 10.0 Å². The van der Waals surface area contributed by atoms with E-state index in [1.165, 1.54) is 0 Å². The minimum absolute atomic E-state index is 0.675. The minimum atomic E-state index is 0.675. The van der Waals surface area contributed by atoms with Gasteiger partial charge in [-0.2, -0.15) is 0 Å². The summed E-state index contributed by atoms with van der Waals surface area (Å²) in [5, 5.41) is 3.69. The van der Waals surface area contributed by atoms with Crippen LogP contribution in [-0.4, -0.2) is 7.11 Å². The first kappa shape index (κ1) is 13.7. The Labute approximate surface area is 118 Å². The lowest BCUT2D eigenvalue weighted by Crippen LogP contribution is -1.83. The highest BCUT2D eigenvalue weighted by molar-refractivity contribution is 5.53. The topological polar surface area (TPSA) is 58.0 Å². The molecule has 2 aromatic carbocycles. The molecule has 0 aliphatic carbocycles. The maximum absolute atomic E-state index is 8.53. The maximum atomic E-state index is 8.53. The first-order chi connectivity index (χ1) is 9.83. The van der Waals surface area contributed by atoms with Gasteiger partial charge < -0.3 is 4.74 Å². The Hall–Kier alpha value is -2.71. The highest BCUT2D eigenvalue weighted by Crippen LogP contribution is 2.20. The van der Waals surface area contributed by atoms with Crippen LogP contribution in [-0.2, 0) is 6.42 Å². The largest absolute Gasteiger partial charge is 0.497 e. The van der Waals surface area contributed by atoms with Gasteiger partial charge in [0.2, 0.25) is 0 Å². The van der Waals surface area contributed by atoms with E-state index in [-0.39, 0.29) is 0 Å². The Morgan fingerprint density at radius 2 is 1.90 bits per heavy atom. The second-order valence-corrected chi connectivity index (χ2v) is 4.20. The number of benzene rings is 2. The van der Waals surface area contributed by atoms with Crippen molar-refractivity contribution >= 4 is 11.8 Å². The molecule has 0 bridgehead atoms. The van der Waals surface area contributed by atoms with Crippen LogP contribution in [0.25, 0.3) is 16.5 Å². The Kier molecular flexibility index (Phi) is 4.81. The van der Waals surface area contributed by atoms with Crippen molar-refractivity contribution in [3.8, 4) is 5.75 Å². The van der Waals surface area contributed by atoms with Gasteiger partial charge in [-0.3, -0.25) is 0 Å². The zero-order chi connectivity index (χ0) is 14.2. The summed E-state index contributed by atoms with van der Waals surface area (Å²) in [6, 6.07) is 15.4. The number of ether oxygens (including phenoxy) is 1. The fraction of sp³-hybridized carbons (Fsp3) is 0.125. The van der Waals surface area contributed by atoms with Crippen LogP contribution < -0.4 is 4.74 Å². The molecule has 0 N–H and O–H groups in total. The number of nitrogens with zero attached hydrogens (tertiary/aromatic N) is 3. The zero-order valence-corrected chi connectivity index (χ0v) is 11.2. The first-order valence-corrected chi connectivity index (χ1v) is 6.27. The van der Waals surface area contributed by atoms with Gasteiger partial charge >= 0.3 is 0 Å². The van der Waals surface area contributed by atoms with Crippen molar-refractivity contribution in [3.63, 3.8) is 0 Å². The fourth-order valence-electron chi connectivity index (χ4n) is 1.87. The molecule has 0 unspecified atom stereocenters. The summed E-state index contributed by atoms with van der Waals surface area (Å²) in [6.45, 7) is 0. The van der Waals surface area contributed by atoms with E-state index in [1.54, 1.807) is 7.11 Å². The Bertz CT molecular complexity index is 641. The van der Waals surface area contributed by atoms with Gasteiger partial charge in [0.1, 0.15) is 5.75 Å². The molecule has 0 amide bonds. The molecule has 0 atom stereocenters. The van der Waals surface area contributed by atoms with Crippen molar-refractivity contribution in [1.29, 1.82) is 0 Å². The van der Waals surface area contributed by atoms with E-state index in [1.807, 2.05) is 60.7 Å². The lowest BCUT2D eigenvalue weighted by atomic mass is 10.1. The monoisotopic (exact) mass is 265 g/mol. The molecule has 0 aromatic heterocycles. The smallest absolute Gasteiger partial charge is 0.118 e. The van der Waals surface area contributed by atoms with E-state index < -0.39 is 0 Å². The van der Waals surface area contributed by atoms with Crippen LogP contribution in [0.1, 0.15) is 11.1 Å². The summed E-state index contributed by atoms with van der Waals surface area (Å²) in [5.41, 5.74) is 11.3. The minimum Gasteiger partial charge on any atom is -0.497 e.